The second-order valence-corrected chi connectivity index (χ2v) is 3.84. The predicted octanol–water partition coefficient (Wildman–Crippen LogP) is 3.02. The molecule has 0 saturated carbocycles. The minimum atomic E-state index is -0.317. The van der Waals surface area contributed by atoms with Gasteiger partial charge in [0.1, 0.15) is 23.9 Å². The summed E-state index contributed by atoms with van der Waals surface area (Å²) in [5, 5.41) is 0. The lowest BCUT2D eigenvalue weighted by Gasteiger charge is -2.13. The van der Waals surface area contributed by atoms with Crippen molar-refractivity contribution < 1.29 is 13.5 Å². The summed E-state index contributed by atoms with van der Waals surface area (Å²) >= 11 is 0. The average Bonchev–Trinajstić information content (AvgIpc) is 2.80. The molecule has 1 aromatic carbocycles. The number of nitrogens with two attached hydrogens (primary N) is 1. The first-order valence-corrected chi connectivity index (χ1v) is 5.37. The highest BCUT2D eigenvalue weighted by Crippen LogP contribution is 2.25. The lowest BCUT2D eigenvalue weighted by atomic mass is 10.1. The first kappa shape index (κ1) is 11.7. The van der Waals surface area contributed by atoms with Crippen LogP contribution in [-0.2, 0) is 6.61 Å². The molecule has 17 heavy (non-hydrogen) atoms. The van der Waals surface area contributed by atoms with Crippen molar-refractivity contribution >= 4 is 0 Å². The highest BCUT2D eigenvalue weighted by atomic mass is 19.1. The van der Waals surface area contributed by atoms with Gasteiger partial charge in [0.15, 0.2) is 0 Å². The van der Waals surface area contributed by atoms with Crippen LogP contribution >= 0.6 is 0 Å². The van der Waals surface area contributed by atoms with Crippen molar-refractivity contribution in [2.75, 3.05) is 0 Å². The number of rotatable bonds is 4. The van der Waals surface area contributed by atoms with E-state index in [-0.39, 0.29) is 11.9 Å². The summed E-state index contributed by atoms with van der Waals surface area (Å²) in [6.45, 7) is 2.09. The van der Waals surface area contributed by atoms with Gasteiger partial charge < -0.3 is 14.9 Å². The Hall–Kier alpha value is -1.81. The van der Waals surface area contributed by atoms with Crippen LogP contribution in [-0.4, -0.2) is 0 Å². The Labute approximate surface area is 99.0 Å². The fourth-order valence-corrected chi connectivity index (χ4v) is 1.55. The number of benzene rings is 1. The van der Waals surface area contributed by atoms with Gasteiger partial charge in [-0.1, -0.05) is 0 Å². The predicted molar refractivity (Wildman–Crippen MR) is 62.0 cm³/mol. The lowest BCUT2D eigenvalue weighted by molar-refractivity contribution is 0.266. The van der Waals surface area contributed by atoms with Crippen molar-refractivity contribution in [1.29, 1.82) is 0 Å². The second kappa shape index (κ2) is 5.01. The summed E-state index contributed by atoms with van der Waals surface area (Å²) in [5.74, 6) is 0.977. The zero-order valence-electron chi connectivity index (χ0n) is 9.52. The molecule has 4 heteroatoms. The van der Waals surface area contributed by atoms with Gasteiger partial charge in [-0.15, -0.1) is 0 Å². The molecule has 1 aromatic heterocycles. The zero-order valence-corrected chi connectivity index (χ0v) is 9.52. The van der Waals surface area contributed by atoms with E-state index in [0.717, 1.165) is 0 Å². The fraction of sp³-hybridized carbons (Fsp3) is 0.231. The van der Waals surface area contributed by atoms with E-state index in [9.17, 15) is 4.39 Å². The van der Waals surface area contributed by atoms with Crippen LogP contribution in [0.5, 0.6) is 5.75 Å². The third kappa shape index (κ3) is 2.85. The maximum absolute atomic E-state index is 13.1. The number of halogens is 1. The summed E-state index contributed by atoms with van der Waals surface area (Å²) in [6, 6.07) is 7.64. The molecule has 0 radical (unpaired) electrons. The molecule has 1 atom stereocenters. The molecule has 0 amide bonds. The Kier molecular flexibility index (Phi) is 3.44. The Morgan fingerprint density at radius 2 is 2.24 bits per heavy atom. The van der Waals surface area contributed by atoms with Crippen molar-refractivity contribution in [2.45, 2.75) is 19.6 Å². The second-order valence-electron chi connectivity index (χ2n) is 3.84. The van der Waals surface area contributed by atoms with Crippen LogP contribution in [0.25, 0.3) is 0 Å². The summed E-state index contributed by atoms with van der Waals surface area (Å²) in [4.78, 5) is 0. The molecular formula is C13H14FNO2. The quantitative estimate of drug-likeness (QED) is 0.886. The van der Waals surface area contributed by atoms with Crippen LogP contribution in [0.2, 0.25) is 0 Å². The standard InChI is InChI=1S/C13H14FNO2/c1-9(15)12-7-10(14)4-5-13(12)17-8-11-3-2-6-16-11/h2-7,9H,8,15H2,1H3/t9-/m1/s1. The number of furan rings is 1. The molecule has 1 heterocycles. The normalized spacial score (nSPS) is 12.4. The van der Waals surface area contributed by atoms with Crippen molar-refractivity contribution in [3.8, 4) is 5.75 Å². The minimum Gasteiger partial charge on any atom is -0.485 e. The van der Waals surface area contributed by atoms with Gasteiger partial charge in [-0.2, -0.15) is 0 Å². The van der Waals surface area contributed by atoms with Crippen LogP contribution in [0, 0.1) is 5.82 Å². The Bertz CT molecular complexity index is 480. The SMILES string of the molecule is C[C@@H](N)c1cc(F)ccc1OCc1ccco1. The third-order valence-electron chi connectivity index (χ3n) is 2.41. The van der Waals surface area contributed by atoms with Crippen molar-refractivity contribution in [1.82, 2.24) is 0 Å². The highest BCUT2D eigenvalue weighted by Gasteiger charge is 2.10. The smallest absolute Gasteiger partial charge is 0.146 e. The van der Waals surface area contributed by atoms with Crippen molar-refractivity contribution in [3.05, 3.63) is 53.7 Å². The Morgan fingerprint density at radius 3 is 2.88 bits per heavy atom. The van der Waals surface area contributed by atoms with Gasteiger partial charge in [-0.25, -0.2) is 4.39 Å². The molecule has 0 spiro atoms. The van der Waals surface area contributed by atoms with Crippen molar-refractivity contribution in [2.24, 2.45) is 5.73 Å². The molecule has 3 nitrogen and oxygen atoms in total. The fourth-order valence-electron chi connectivity index (χ4n) is 1.55. The van der Waals surface area contributed by atoms with Crippen LogP contribution in [0.1, 0.15) is 24.3 Å². The topological polar surface area (TPSA) is 48.4 Å². The van der Waals surface area contributed by atoms with Crippen LogP contribution < -0.4 is 10.5 Å². The monoisotopic (exact) mass is 235 g/mol. The van der Waals surface area contributed by atoms with E-state index in [4.69, 9.17) is 14.9 Å². The van der Waals surface area contributed by atoms with Gasteiger partial charge in [-0.05, 0) is 37.3 Å². The van der Waals surface area contributed by atoms with Gasteiger partial charge >= 0.3 is 0 Å². The van der Waals surface area contributed by atoms with Crippen LogP contribution in [0.15, 0.2) is 41.0 Å². The largest absolute Gasteiger partial charge is 0.485 e. The highest BCUT2D eigenvalue weighted by molar-refractivity contribution is 5.36. The van der Waals surface area contributed by atoms with E-state index >= 15 is 0 Å². The van der Waals surface area contributed by atoms with Gasteiger partial charge in [0, 0.05) is 11.6 Å². The lowest BCUT2D eigenvalue weighted by Crippen LogP contribution is -2.08. The molecule has 0 aliphatic heterocycles. The summed E-state index contributed by atoms with van der Waals surface area (Å²) in [6.07, 6.45) is 1.58. The Balaban J connectivity index is 2.14. The van der Waals surface area contributed by atoms with E-state index in [0.29, 0.717) is 23.7 Å². The van der Waals surface area contributed by atoms with E-state index in [2.05, 4.69) is 0 Å². The molecule has 2 N–H and O–H groups in total. The molecule has 0 bridgehead atoms. The van der Waals surface area contributed by atoms with Gasteiger partial charge in [0.05, 0.1) is 6.26 Å². The van der Waals surface area contributed by atoms with Gasteiger partial charge in [-0.3, -0.25) is 0 Å². The number of hydrogen-bond acceptors (Lipinski definition) is 3. The first-order chi connectivity index (χ1) is 8.16. The van der Waals surface area contributed by atoms with Crippen molar-refractivity contribution in [3.63, 3.8) is 0 Å². The van der Waals surface area contributed by atoms with E-state index in [1.807, 2.05) is 6.07 Å². The first-order valence-electron chi connectivity index (χ1n) is 5.37. The molecular weight excluding hydrogens is 221 g/mol. The Morgan fingerprint density at radius 1 is 1.41 bits per heavy atom. The number of ether oxygens (including phenoxy) is 1. The average molecular weight is 235 g/mol. The van der Waals surface area contributed by atoms with Crippen LogP contribution in [0.4, 0.5) is 4.39 Å². The molecule has 0 unspecified atom stereocenters. The van der Waals surface area contributed by atoms with Gasteiger partial charge in [0.25, 0.3) is 0 Å². The maximum Gasteiger partial charge on any atom is 0.146 e. The maximum atomic E-state index is 13.1. The third-order valence-corrected chi connectivity index (χ3v) is 2.41. The number of hydrogen-bond donors (Lipinski definition) is 1. The molecule has 2 rings (SSSR count). The summed E-state index contributed by atoms with van der Waals surface area (Å²) < 4.78 is 23.8. The molecule has 2 aromatic rings. The van der Waals surface area contributed by atoms with E-state index in [1.54, 1.807) is 25.3 Å². The molecule has 90 valence electrons. The molecule has 0 aliphatic rings. The molecule has 0 aliphatic carbocycles. The van der Waals surface area contributed by atoms with Gasteiger partial charge in [0.2, 0.25) is 0 Å². The van der Waals surface area contributed by atoms with Crippen LogP contribution in [0.3, 0.4) is 0 Å². The van der Waals surface area contributed by atoms with E-state index in [1.165, 1.54) is 12.1 Å². The molecule has 0 saturated heterocycles. The molecule has 0 fully saturated rings. The summed E-state index contributed by atoms with van der Waals surface area (Å²) in [7, 11) is 0. The summed E-state index contributed by atoms with van der Waals surface area (Å²) in [5.41, 5.74) is 6.41. The van der Waals surface area contributed by atoms with E-state index < -0.39 is 0 Å². The zero-order chi connectivity index (χ0) is 12.3. The minimum absolute atomic E-state index is 0.280.